The molecule has 0 fully saturated rings. The molecule has 3 atom stereocenters. The van der Waals surface area contributed by atoms with Gasteiger partial charge < -0.3 is 19.4 Å². The lowest BCUT2D eigenvalue weighted by Gasteiger charge is -2.27. The SMILES string of the molecule is CCCCC/C=C\C/C=C\C/C=C\CCCCCCCCCCC(=O)NC(COP(=O)(O)OCC[N+](C)(C)C)C(/C=C/CCCCCCCCCCCCC)OC(=O)CCCCCCCCCCCCCCCCCCCCCCCCC. The molecule has 1 amide bonds. The molecule has 0 rings (SSSR count). The molecular weight excluding hydrogens is 1050 g/mol. The van der Waals surface area contributed by atoms with Crippen LogP contribution in [0.3, 0.4) is 0 Å². The van der Waals surface area contributed by atoms with Gasteiger partial charge in [0.25, 0.3) is 0 Å². The molecule has 0 bridgehead atoms. The van der Waals surface area contributed by atoms with Crippen molar-refractivity contribution >= 4 is 19.7 Å². The summed E-state index contributed by atoms with van der Waals surface area (Å²) in [7, 11) is 1.50. The van der Waals surface area contributed by atoms with Gasteiger partial charge in [-0.3, -0.25) is 18.6 Å². The molecule has 3 unspecified atom stereocenters. The second kappa shape index (κ2) is 63.0. The number of hydrogen-bond acceptors (Lipinski definition) is 6. The summed E-state index contributed by atoms with van der Waals surface area (Å²) < 4.78 is 30.9. The number of hydrogen-bond donors (Lipinski definition) is 2. The Labute approximate surface area is 516 Å². The summed E-state index contributed by atoms with van der Waals surface area (Å²) in [4.78, 5) is 37.9. The summed E-state index contributed by atoms with van der Waals surface area (Å²) in [6, 6.07) is -0.851. The summed E-state index contributed by atoms with van der Waals surface area (Å²) in [6.07, 6.45) is 79.8. The van der Waals surface area contributed by atoms with Gasteiger partial charge in [0.2, 0.25) is 5.91 Å². The number of unbranched alkanes of at least 4 members (excludes halogenated alkanes) is 44. The van der Waals surface area contributed by atoms with Crippen LogP contribution in [-0.2, 0) is 27.9 Å². The van der Waals surface area contributed by atoms with E-state index >= 15 is 0 Å². The zero-order chi connectivity index (χ0) is 60.7. The van der Waals surface area contributed by atoms with E-state index in [1.165, 1.54) is 238 Å². The predicted octanol–water partition coefficient (Wildman–Crippen LogP) is 22.8. The Morgan fingerprint density at radius 2 is 0.735 bits per heavy atom. The Morgan fingerprint density at radius 1 is 0.422 bits per heavy atom. The van der Waals surface area contributed by atoms with Gasteiger partial charge >= 0.3 is 13.8 Å². The van der Waals surface area contributed by atoms with Gasteiger partial charge in [-0.2, -0.15) is 0 Å². The minimum atomic E-state index is -4.46. The fourth-order valence-corrected chi connectivity index (χ4v) is 11.5. The lowest BCUT2D eigenvalue weighted by molar-refractivity contribution is -0.870. The second-order valence-electron chi connectivity index (χ2n) is 25.8. The Balaban J connectivity index is 5.10. The Hall–Kier alpha value is -2.03. The highest BCUT2D eigenvalue weighted by atomic mass is 31.2. The van der Waals surface area contributed by atoms with Gasteiger partial charge in [-0.1, -0.05) is 320 Å². The smallest absolute Gasteiger partial charge is 0.456 e. The molecule has 9 nitrogen and oxygen atoms in total. The number of nitrogens with zero attached hydrogens (tertiary/aromatic N) is 1. The van der Waals surface area contributed by atoms with Gasteiger partial charge in [0, 0.05) is 12.8 Å². The van der Waals surface area contributed by atoms with Crippen molar-refractivity contribution in [3.05, 3.63) is 48.6 Å². The average molecular weight is 1190 g/mol. The van der Waals surface area contributed by atoms with Crippen LogP contribution in [0.2, 0.25) is 0 Å². The molecule has 0 aromatic heterocycles. The number of ether oxygens (including phenoxy) is 1. The zero-order valence-corrected chi connectivity index (χ0v) is 56.8. The molecule has 488 valence electrons. The number of rotatable bonds is 66. The van der Waals surface area contributed by atoms with Crippen LogP contribution in [0.1, 0.15) is 355 Å². The van der Waals surface area contributed by atoms with Gasteiger partial charge in [0.15, 0.2) is 0 Å². The fourth-order valence-electron chi connectivity index (χ4n) is 10.7. The fraction of sp³-hybridized carbons (Fsp3) is 0.863. The molecule has 2 N–H and O–H groups in total. The maximum atomic E-state index is 13.6. The van der Waals surface area contributed by atoms with Crippen LogP contribution in [0.25, 0.3) is 0 Å². The average Bonchev–Trinajstić information content (AvgIpc) is 3.46. The monoisotopic (exact) mass is 1190 g/mol. The van der Waals surface area contributed by atoms with E-state index in [-0.39, 0.29) is 25.1 Å². The van der Waals surface area contributed by atoms with Gasteiger partial charge in [-0.05, 0) is 70.3 Å². The van der Waals surface area contributed by atoms with Crippen molar-refractivity contribution in [1.82, 2.24) is 5.32 Å². The van der Waals surface area contributed by atoms with Crippen LogP contribution in [0, 0.1) is 0 Å². The van der Waals surface area contributed by atoms with Crippen molar-refractivity contribution in [2.45, 2.75) is 367 Å². The van der Waals surface area contributed by atoms with E-state index in [0.29, 0.717) is 23.9 Å². The van der Waals surface area contributed by atoms with Gasteiger partial charge in [-0.15, -0.1) is 0 Å². The largest absolute Gasteiger partial charge is 0.472 e. The number of nitrogens with one attached hydrogen (secondary N) is 1. The van der Waals surface area contributed by atoms with E-state index in [2.05, 4.69) is 62.5 Å². The summed E-state index contributed by atoms with van der Waals surface area (Å²) in [5, 5.41) is 3.07. The van der Waals surface area contributed by atoms with Gasteiger partial charge in [0.05, 0.1) is 33.8 Å². The second-order valence-corrected chi connectivity index (χ2v) is 27.2. The summed E-state index contributed by atoms with van der Waals surface area (Å²) in [5.41, 5.74) is 0. The molecule has 0 aliphatic carbocycles. The molecule has 0 radical (unpaired) electrons. The van der Waals surface area contributed by atoms with Crippen molar-refractivity contribution in [3.8, 4) is 0 Å². The van der Waals surface area contributed by atoms with E-state index in [0.717, 1.165) is 83.5 Å². The highest BCUT2D eigenvalue weighted by Gasteiger charge is 2.30. The number of phosphoric acid groups is 1. The topological polar surface area (TPSA) is 111 Å². The molecule has 0 aliphatic rings. The highest BCUT2D eigenvalue weighted by Crippen LogP contribution is 2.43. The van der Waals surface area contributed by atoms with Crippen LogP contribution >= 0.6 is 7.82 Å². The Bertz CT molecular complexity index is 1560. The molecule has 0 heterocycles. The normalized spacial score (nSPS) is 13.8. The molecular formula is C73H140N2O7P+. The maximum Gasteiger partial charge on any atom is 0.472 e. The van der Waals surface area contributed by atoms with Crippen LogP contribution < -0.4 is 5.32 Å². The lowest BCUT2D eigenvalue weighted by atomic mass is 10.0. The highest BCUT2D eigenvalue weighted by molar-refractivity contribution is 7.47. The molecule has 0 aromatic rings. The molecule has 10 heteroatoms. The first-order valence-corrected chi connectivity index (χ1v) is 37.5. The molecule has 0 saturated carbocycles. The first-order valence-electron chi connectivity index (χ1n) is 36.0. The minimum absolute atomic E-state index is 0.0401. The standard InChI is InChI=1S/C73H139N2O7P/c1-7-10-13-16-19-22-25-28-30-32-34-36-37-39-41-43-45-48-51-54-57-60-63-66-73(77)82-71(64-61-58-55-52-49-46-27-24-21-18-15-12-9-3)70(69-81-83(78,79)80-68-67-75(4,5)6)74-72(76)65-62-59-56-53-50-47-44-42-40-38-35-33-31-29-26-23-20-17-14-11-8-2/h20,23,29,31,35,38,61,64,70-71H,7-19,21-22,24-28,30,32-34,36-37,39-60,62-63,65-69H2,1-6H3,(H-,74,76,78,79)/p+1/b23-20-,31-29-,38-35-,64-61+. The van der Waals surface area contributed by atoms with Crippen molar-refractivity contribution in [1.29, 1.82) is 0 Å². The Morgan fingerprint density at radius 3 is 1.12 bits per heavy atom. The van der Waals surface area contributed by atoms with E-state index in [4.69, 9.17) is 13.8 Å². The van der Waals surface area contributed by atoms with E-state index in [1.54, 1.807) is 0 Å². The third kappa shape index (κ3) is 64.3. The number of quaternary nitrogens is 1. The number of phosphoric ester groups is 1. The summed E-state index contributed by atoms with van der Waals surface area (Å²) >= 11 is 0. The molecule has 0 spiro atoms. The van der Waals surface area contributed by atoms with Crippen LogP contribution in [0.15, 0.2) is 48.6 Å². The van der Waals surface area contributed by atoms with Crippen LogP contribution in [0.5, 0.6) is 0 Å². The van der Waals surface area contributed by atoms with E-state index in [9.17, 15) is 19.0 Å². The molecule has 83 heavy (non-hydrogen) atoms. The third-order valence-corrected chi connectivity index (χ3v) is 17.3. The van der Waals surface area contributed by atoms with Crippen LogP contribution in [-0.4, -0.2) is 74.3 Å². The van der Waals surface area contributed by atoms with E-state index < -0.39 is 20.0 Å². The molecule has 0 aliphatic heterocycles. The van der Waals surface area contributed by atoms with Crippen molar-refractivity contribution in [3.63, 3.8) is 0 Å². The van der Waals surface area contributed by atoms with Crippen molar-refractivity contribution < 1.29 is 37.3 Å². The third-order valence-electron chi connectivity index (χ3n) is 16.3. The maximum absolute atomic E-state index is 13.6. The predicted molar refractivity (Wildman–Crippen MR) is 360 cm³/mol. The number of carbonyl (C=O) groups excluding carboxylic acids is 2. The van der Waals surface area contributed by atoms with E-state index in [1.807, 2.05) is 33.3 Å². The first-order chi connectivity index (χ1) is 40.4. The zero-order valence-electron chi connectivity index (χ0n) is 56.0. The molecule has 0 saturated heterocycles. The van der Waals surface area contributed by atoms with Gasteiger partial charge in [-0.25, -0.2) is 4.57 Å². The number of likely N-dealkylation sites (N-methyl/N-ethyl adjacent to an activating group) is 1. The molecule has 0 aromatic carbocycles. The lowest BCUT2D eigenvalue weighted by Crippen LogP contribution is -2.47. The Kier molecular flexibility index (Phi) is 61.5. The summed E-state index contributed by atoms with van der Waals surface area (Å²) in [6.45, 7) is 7.04. The number of amides is 1. The number of carbonyl (C=O) groups is 2. The van der Waals surface area contributed by atoms with Crippen LogP contribution in [0.4, 0.5) is 0 Å². The quantitative estimate of drug-likeness (QED) is 0.0205. The van der Waals surface area contributed by atoms with Gasteiger partial charge in [0.1, 0.15) is 19.3 Å². The van der Waals surface area contributed by atoms with Crippen molar-refractivity contribution in [2.24, 2.45) is 0 Å². The number of esters is 1. The minimum Gasteiger partial charge on any atom is -0.456 e. The first kappa shape index (κ1) is 81.0. The van der Waals surface area contributed by atoms with Crippen molar-refractivity contribution in [2.75, 3.05) is 40.9 Å². The summed E-state index contributed by atoms with van der Waals surface area (Å²) in [5.74, 6) is -0.495. The number of allylic oxidation sites excluding steroid dienone is 7.